The summed E-state index contributed by atoms with van der Waals surface area (Å²) < 4.78 is 4.88. The predicted octanol–water partition coefficient (Wildman–Crippen LogP) is 1.60. The molecule has 0 atom stereocenters. The van der Waals surface area contributed by atoms with E-state index < -0.39 is 6.03 Å². The number of anilines is 1. The van der Waals surface area contributed by atoms with Gasteiger partial charge in [-0.2, -0.15) is 0 Å². The van der Waals surface area contributed by atoms with Crippen molar-refractivity contribution < 1.29 is 14.1 Å². The molecular weight excluding hydrogens is 322 g/mol. The molecule has 0 radical (unpaired) electrons. The molecule has 8 nitrogen and oxygen atoms in total. The fourth-order valence-electron chi connectivity index (χ4n) is 2.09. The normalized spacial score (nSPS) is 10.6. The van der Waals surface area contributed by atoms with Gasteiger partial charge >= 0.3 is 6.03 Å². The third-order valence-corrected chi connectivity index (χ3v) is 3.36. The number of carbonyl (C=O) groups excluding carboxylic acids is 2. The molecule has 0 bridgehead atoms. The predicted molar refractivity (Wildman–Crippen MR) is 94.4 cm³/mol. The van der Waals surface area contributed by atoms with Crippen LogP contribution in [0.25, 0.3) is 0 Å². The smallest absolute Gasteiger partial charge is 0.320 e. The summed E-state index contributed by atoms with van der Waals surface area (Å²) in [6.07, 6.45) is 0. The van der Waals surface area contributed by atoms with E-state index in [0.717, 1.165) is 12.1 Å². The van der Waals surface area contributed by atoms with E-state index in [1.165, 1.54) is 0 Å². The molecular formula is C17H23N5O3. The summed E-state index contributed by atoms with van der Waals surface area (Å²) in [4.78, 5) is 25.9. The average Bonchev–Trinajstić information content (AvgIpc) is 2.97. The molecule has 3 amide bonds. The number of rotatable bonds is 7. The van der Waals surface area contributed by atoms with Crippen molar-refractivity contribution in [2.75, 3.05) is 32.5 Å². The first kappa shape index (κ1) is 18.5. The second-order valence-electron chi connectivity index (χ2n) is 5.89. The second kappa shape index (κ2) is 8.84. The van der Waals surface area contributed by atoms with Crippen LogP contribution in [0.1, 0.15) is 21.7 Å². The number of carbonyl (C=O) groups is 2. The third-order valence-electron chi connectivity index (χ3n) is 3.36. The van der Waals surface area contributed by atoms with E-state index in [-0.39, 0.29) is 5.91 Å². The molecule has 0 unspecified atom stereocenters. The van der Waals surface area contributed by atoms with Gasteiger partial charge in [0.2, 0.25) is 0 Å². The van der Waals surface area contributed by atoms with Gasteiger partial charge in [-0.1, -0.05) is 17.3 Å². The summed E-state index contributed by atoms with van der Waals surface area (Å²) >= 11 is 0. The molecule has 0 spiro atoms. The van der Waals surface area contributed by atoms with Gasteiger partial charge in [0.1, 0.15) is 5.76 Å². The van der Waals surface area contributed by atoms with E-state index >= 15 is 0 Å². The lowest BCUT2D eigenvalue weighted by Gasteiger charge is -2.11. The zero-order chi connectivity index (χ0) is 18.2. The SMILES string of the molecule is Cc1cc(NC(=O)NCc2cccc(C(=O)NCCN(C)C)c2)no1. The molecule has 8 heteroatoms. The molecule has 0 aliphatic carbocycles. The number of aryl methyl sites for hydroxylation is 1. The molecule has 1 aromatic heterocycles. The Balaban J connectivity index is 1.84. The van der Waals surface area contributed by atoms with E-state index in [1.54, 1.807) is 31.2 Å². The molecule has 1 aromatic carbocycles. The first-order chi connectivity index (χ1) is 11.9. The number of likely N-dealkylation sites (N-methyl/N-ethyl adjacent to an activating group) is 1. The lowest BCUT2D eigenvalue weighted by molar-refractivity contribution is 0.0951. The van der Waals surface area contributed by atoms with Crippen molar-refractivity contribution in [3.8, 4) is 0 Å². The summed E-state index contributed by atoms with van der Waals surface area (Å²) in [5, 5.41) is 11.8. The number of aromatic nitrogens is 1. The maximum absolute atomic E-state index is 12.1. The van der Waals surface area contributed by atoms with Crippen LogP contribution in [-0.2, 0) is 6.54 Å². The summed E-state index contributed by atoms with van der Waals surface area (Å²) in [6.45, 7) is 3.38. The Hall–Kier alpha value is -2.87. The molecule has 134 valence electrons. The Kier molecular flexibility index (Phi) is 6.53. The van der Waals surface area contributed by atoms with Gasteiger partial charge in [-0.3, -0.25) is 10.1 Å². The lowest BCUT2D eigenvalue weighted by atomic mass is 10.1. The van der Waals surface area contributed by atoms with Crippen molar-refractivity contribution in [1.82, 2.24) is 20.7 Å². The first-order valence-electron chi connectivity index (χ1n) is 7.94. The van der Waals surface area contributed by atoms with Crippen LogP contribution in [-0.4, -0.2) is 49.2 Å². The van der Waals surface area contributed by atoms with Crippen molar-refractivity contribution in [2.45, 2.75) is 13.5 Å². The van der Waals surface area contributed by atoms with Crippen molar-refractivity contribution in [3.63, 3.8) is 0 Å². The van der Waals surface area contributed by atoms with Crippen molar-refractivity contribution in [2.24, 2.45) is 0 Å². The largest absolute Gasteiger partial charge is 0.360 e. The third kappa shape index (κ3) is 6.27. The van der Waals surface area contributed by atoms with Gasteiger partial charge in [-0.25, -0.2) is 4.79 Å². The van der Waals surface area contributed by atoms with Gasteiger partial charge in [0, 0.05) is 31.3 Å². The van der Waals surface area contributed by atoms with Crippen LogP contribution in [0, 0.1) is 6.92 Å². The number of benzene rings is 1. The molecule has 0 saturated carbocycles. The molecule has 25 heavy (non-hydrogen) atoms. The topological polar surface area (TPSA) is 99.5 Å². The van der Waals surface area contributed by atoms with Crippen LogP contribution in [0.5, 0.6) is 0 Å². The standard InChI is InChI=1S/C17H23N5O3/c1-12-9-15(21-25-12)20-17(24)19-11-13-5-4-6-14(10-13)16(23)18-7-8-22(2)3/h4-6,9-10H,7-8,11H2,1-3H3,(H,18,23)(H2,19,20,21,24). The highest BCUT2D eigenvalue weighted by molar-refractivity contribution is 5.94. The zero-order valence-electron chi connectivity index (χ0n) is 14.6. The Bertz CT molecular complexity index is 727. The maximum Gasteiger partial charge on any atom is 0.320 e. The van der Waals surface area contributed by atoms with Crippen LogP contribution in [0.3, 0.4) is 0 Å². The molecule has 0 aliphatic heterocycles. The number of nitrogens with zero attached hydrogens (tertiary/aromatic N) is 2. The Labute approximate surface area is 146 Å². The minimum Gasteiger partial charge on any atom is -0.360 e. The Morgan fingerprint density at radius 2 is 2.00 bits per heavy atom. The van der Waals surface area contributed by atoms with Crippen LogP contribution >= 0.6 is 0 Å². The molecule has 2 aromatic rings. The van der Waals surface area contributed by atoms with E-state index in [1.807, 2.05) is 25.1 Å². The van der Waals surface area contributed by atoms with Crippen molar-refractivity contribution in [1.29, 1.82) is 0 Å². The monoisotopic (exact) mass is 345 g/mol. The Morgan fingerprint density at radius 3 is 2.68 bits per heavy atom. The van der Waals surface area contributed by atoms with Gasteiger partial charge in [-0.15, -0.1) is 0 Å². The quantitative estimate of drug-likeness (QED) is 0.708. The van der Waals surface area contributed by atoms with Gasteiger partial charge in [-0.05, 0) is 38.7 Å². The maximum atomic E-state index is 12.1. The van der Waals surface area contributed by atoms with Crippen molar-refractivity contribution >= 4 is 17.8 Å². The average molecular weight is 345 g/mol. The minimum absolute atomic E-state index is 0.133. The number of hydrogen-bond acceptors (Lipinski definition) is 5. The van der Waals surface area contributed by atoms with E-state index in [9.17, 15) is 9.59 Å². The molecule has 3 N–H and O–H groups in total. The van der Waals surface area contributed by atoms with Crippen LogP contribution in [0.2, 0.25) is 0 Å². The van der Waals surface area contributed by atoms with Crippen LogP contribution < -0.4 is 16.0 Å². The fraction of sp³-hybridized carbons (Fsp3) is 0.353. The number of nitrogens with one attached hydrogen (secondary N) is 3. The highest BCUT2D eigenvalue weighted by Crippen LogP contribution is 2.08. The number of amides is 3. The van der Waals surface area contributed by atoms with Gasteiger partial charge in [0.15, 0.2) is 5.82 Å². The molecule has 0 aliphatic rings. The van der Waals surface area contributed by atoms with E-state index in [4.69, 9.17) is 4.52 Å². The molecule has 0 fully saturated rings. The summed E-state index contributed by atoms with van der Waals surface area (Å²) in [5.74, 6) is 0.832. The first-order valence-corrected chi connectivity index (χ1v) is 7.94. The highest BCUT2D eigenvalue weighted by atomic mass is 16.5. The van der Waals surface area contributed by atoms with E-state index in [0.29, 0.717) is 30.2 Å². The van der Waals surface area contributed by atoms with E-state index in [2.05, 4.69) is 21.1 Å². The minimum atomic E-state index is -0.394. The molecule has 0 saturated heterocycles. The Morgan fingerprint density at radius 1 is 1.20 bits per heavy atom. The lowest BCUT2D eigenvalue weighted by Crippen LogP contribution is -2.31. The highest BCUT2D eigenvalue weighted by Gasteiger charge is 2.08. The number of hydrogen-bond donors (Lipinski definition) is 3. The zero-order valence-corrected chi connectivity index (χ0v) is 14.6. The number of urea groups is 1. The molecule has 2 rings (SSSR count). The van der Waals surface area contributed by atoms with Gasteiger partial charge in [0.25, 0.3) is 5.91 Å². The van der Waals surface area contributed by atoms with Gasteiger partial charge < -0.3 is 20.1 Å². The summed E-state index contributed by atoms with van der Waals surface area (Å²) in [7, 11) is 3.90. The van der Waals surface area contributed by atoms with Gasteiger partial charge in [0.05, 0.1) is 0 Å². The summed E-state index contributed by atoms with van der Waals surface area (Å²) in [5.41, 5.74) is 1.39. The van der Waals surface area contributed by atoms with Crippen LogP contribution in [0.4, 0.5) is 10.6 Å². The van der Waals surface area contributed by atoms with Crippen LogP contribution in [0.15, 0.2) is 34.9 Å². The summed E-state index contributed by atoms with van der Waals surface area (Å²) in [6, 6.07) is 8.36. The second-order valence-corrected chi connectivity index (χ2v) is 5.89. The molecule has 1 heterocycles. The fourth-order valence-corrected chi connectivity index (χ4v) is 2.09. The van der Waals surface area contributed by atoms with Crippen molar-refractivity contribution in [3.05, 3.63) is 47.2 Å².